The van der Waals surface area contributed by atoms with Crippen molar-refractivity contribution in [3.05, 3.63) is 60.2 Å². The normalized spacial score (nSPS) is 15.9. The zero-order valence-electron chi connectivity index (χ0n) is 17.8. The van der Waals surface area contributed by atoms with Gasteiger partial charge in [0.2, 0.25) is 10.0 Å². The molecular weight excluding hydrogens is 398 g/mol. The molecule has 3 rings (SSSR count). The molecule has 7 heteroatoms. The number of unbranched alkanes of at least 4 members (excludes halogenated alkanes) is 1. The van der Waals surface area contributed by atoms with E-state index in [0.29, 0.717) is 18.9 Å². The second-order valence-corrected chi connectivity index (χ2v) is 9.44. The van der Waals surface area contributed by atoms with Crippen LogP contribution >= 0.6 is 0 Å². The van der Waals surface area contributed by atoms with Gasteiger partial charge in [-0.1, -0.05) is 43.7 Å². The smallest absolute Gasteiger partial charge is 0.240 e. The molecular formula is C23H33N3O3S. The molecule has 0 atom stereocenters. The van der Waals surface area contributed by atoms with Crippen LogP contribution in [0.3, 0.4) is 0 Å². The highest BCUT2D eigenvalue weighted by atomic mass is 32.2. The van der Waals surface area contributed by atoms with E-state index < -0.39 is 10.0 Å². The summed E-state index contributed by atoms with van der Waals surface area (Å²) in [6.07, 6.45) is 2.06. The van der Waals surface area contributed by atoms with E-state index in [1.165, 1.54) is 5.56 Å². The summed E-state index contributed by atoms with van der Waals surface area (Å²) < 4.78 is 33.4. The molecule has 0 aromatic heterocycles. The van der Waals surface area contributed by atoms with Gasteiger partial charge in [0, 0.05) is 45.8 Å². The second-order valence-electron chi connectivity index (χ2n) is 7.67. The molecule has 1 fully saturated rings. The Hall–Kier alpha value is -1.93. The predicted octanol–water partition coefficient (Wildman–Crippen LogP) is 2.96. The van der Waals surface area contributed by atoms with Gasteiger partial charge in [-0.15, -0.1) is 0 Å². The molecule has 1 aliphatic rings. The molecule has 30 heavy (non-hydrogen) atoms. The molecule has 1 N–H and O–H groups in total. The van der Waals surface area contributed by atoms with Gasteiger partial charge in [-0.05, 0) is 36.2 Å². The summed E-state index contributed by atoms with van der Waals surface area (Å²) in [5, 5.41) is 0. The van der Waals surface area contributed by atoms with Gasteiger partial charge in [-0.3, -0.25) is 9.80 Å². The largest absolute Gasteiger partial charge is 0.494 e. The molecule has 0 unspecified atom stereocenters. The van der Waals surface area contributed by atoms with Crippen molar-refractivity contribution in [1.29, 1.82) is 0 Å². The Morgan fingerprint density at radius 1 is 0.933 bits per heavy atom. The van der Waals surface area contributed by atoms with Crippen LogP contribution in [-0.4, -0.2) is 64.1 Å². The van der Waals surface area contributed by atoms with Crippen LogP contribution in [0.25, 0.3) is 0 Å². The van der Waals surface area contributed by atoms with Gasteiger partial charge < -0.3 is 4.74 Å². The third-order valence-electron chi connectivity index (χ3n) is 5.33. The molecule has 6 nitrogen and oxygen atoms in total. The van der Waals surface area contributed by atoms with Gasteiger partial charge in [0.15, 0.2) is 0 Å². The maximum Gasteiger partial charge on any atom is 0.240 e. The lowest BCUT2D eigenvalue weighted by Crippen LogP contribution is -2.48. The minimum Gasteiger partial charge on any atom is -0.494 e. The molecule has 0 aliphatic carbocycles. The minimum absolute atomic E-state index is 0.276. The van der Waals surface area contributed by atoms with Crippen LogP contribution in [0, 0.1) is 0 Å². The zero-order valence-corrected chi connectivity index (χ0v) is 18.6. The van der Waals surface area contributed by atoms with Gasteiger partial charge in [0.25, 0.3) is 0 Å². The first kappa shape index (κ1) is 22.7. The maximum atomic E-state index is 12.5. The van der Waals surface area contributed by atoms with E-state index >= 15 is 0 Å². The molecule has 0 spiro atoms. The Morgan fingerprint density at radius 2 is 1.60 bits per heavy atom. The molecule has 1 aliphatic heterocycles. The maximum absolute atomic E-state index is 12.5. The van der Waals surface area contributed by atoms with Crippen LogP contribution in [0.4, 0.5) is 0 Å². The van der Waals surface area contributed by atoms with Crippen molar-refractivity contribution < 1.29 is 13.2 Å². The van der Waals surface area contributed by atoms with E-state index in [1.54, 1.807) is 24.3 Å². The zero-order chi connectivity index (χ0) is 21.2. The highest BCUT2D eigenvalue weighted by Crippen LogP contribution is 2.16. The van der Waals surface area contributed by atoms with Crippen molar-refractivity contribution >= 4 is 10.0 Å². The predicted molar refractivity (Wildman–Crippen MR) is 120 cm³/mol. The average Bonchev–Trinajstić information content (AvgIpc) is 2.76. The second kappa shape index (κ2) is 11.5. The van der Waals surface area contributed by atoms with E-state index in [-0.39, 0.29) is 4.90 Å². The van der Waals surface area contributed by atoms with Gasteiger partial charge >= 0.3 is 0 Å². The SMILES string of the molecule is CCCCOc1ccc(S(=O)(=O)NCCN2CCN(Cc3ccccc3)CC2)cc1. The molecule has 2 aromatic rings. The van der Waals surface area contributed by atoms with E-state index in [9.17, 15) is 8.42 Å². The summed E-state index contributed by atoms with van der Waals surface area (Å²) in [7, 11) is -3.50. The molecule has 1 heterocycles. The number of benzene rings is 2. The van der Waals surface area contributed by atoms with Gasteiger partial charge in [-0.25, -0.2) is 13.1 Å². The van der Waals surface area contributed by atoms with E-state index in [0.717, 1.165) is 52.1 Å². The molecule has 0 saturated carbocycles. The van der Waals surface area contributed by atoms with Crippen LogP contribution in [0.1, 0.15) is 25.3 Å². The fourth-order valence-corrected chi connectivity index (χ4v) is 4.50. The Balaban J connectivity index is 1.38. The van der Waals surface area contributed by atoms with Gasteiger partial charge in [0.05, 0.1) is 11.5 Å². The topological polar surface area (TPSA) is 61.9 Å². The van der Waals surface area contributed by atoms with Gasteiger partial charge in [0.1, 0.15) is 5.75 Å². The quantitative estimate of drug-likeness (QED) is 0.554. The first-order chi connectivity index (χ1) is 14.6. The highest BCUT2D eigenvalue weighted by molar-refractivity contribution is 7.89. The van der Waals surface area contributed by atoms with Crippen molar-refractivity contribution in [1.82, 2.24) is 14.5 Å². The number of piperazine rings is 1. The number of nitrogens with zero attached hydrogens (tertiary/aromatic N) is 2. The first-order valence-electron chi connectivity index (χ1n) is 10.8. The van der Waals surface area contributed by atoms with E-state index in [2.05, 4.69) is 45.7 Å². The van der Waals surface area contributed by atoms with Crippen LogP contribution in [0.5, 0.6) is 5.75 Å². The molecule has 0 amide bonds. The summed E-state index contributed by atoms with van der Waals surface area (Å²) >= 11 is 0. The number of sulfonamides is 1. The fraction of sp³-hybridized carbons (Fsp3) is 0.478. The Morgan fingerprint density at radius 3 is 2.27 bits per heavy atom. The fourth-order valence-electron chi connectivity index (χ4n) is 3.48. The average molecular weight is 432 g/mol. The number of hydrogen-bond donors (Lipinski definition) is 1. The van der Waals surface area contributed by atoms with Crippen LogP contribution in [0.15, 0.2) is 59.5 Å². The summed E-state index contributed by atoms with van der Waals surface area (Å²) in [6.45, 7) is 8.78. The third-order valence-corrected chi connectivity index (χ3v) is 6.81. The number of rotatable bonds is 11. The molecule has 0 bridgehead atoms. The number of ether oxygens (including phenoxy) is 1. The lowest BCUT2D eigenvalue weighted by atomic mass is 10.2. The molecule has 1 saturated heterocycles. The van der Waals surface area contributed by atoms with E-state index in [1.807, 2.05) is 6.07 Å². The Labute approximate surface area is 180 Å². The Bertz CT molecular complexity index is 849. The van der Waals surface area contributed by atoms with E-state index in [4.69, 9.17) is 4.74 Å². The molecule has 164 valence electrons. The van der Waals surface area contributed by atoms with Crippen LogP contribution < -0.4 is 9.46 Å². The van der Waals surface area contributed by atoms with Crippen molar-refractivity contribution in [2.75, 3.05) is 45.9 Å². The van der Waals surface area contributed by atoms with Crippen molar-refractivity contribution in [3.63, 3.8) is 0 Å². The minimum atomic E-state index is -3.50. The summed E-state index contributed by atoms with van der Waals surface area (Å²) in [5.74, 6) is 0.704. The summed E-state index contributed by atoms with van der Waals surface area (Å²) in [4.78, 5) is 5.03. The number of nitrogens with one attached hydrogen (secondary N) is 1. The van der Waals surface area contributed by atoms with Crippen molar-refractivity contribution in [2.45, 2.75) is 31.2 Å². The summed E-state index contributed by atoms with van der Waals surface area (Å²) in [5.41, 5.74) is 1.33. The lowest BCUT2D eigenvalue weighted by Gasteiger charge is -2.34. The third kappa shape index (κ3) is 7.09. The van der Waals surface area contributed by atoms with Crippen molar-refractivity contribution in [2.24, 2.45) is 0 Å². The molecule has 0 radical (unpaired) electrons. The summed E-state index contributed by atoms with van der Waals surface area (Å²) in [6, 6.07) is 17.1. The monoisotopic (exact) mass is 431 g/mol. The first-order valence-corrected chi connectivity index (χ1v) is 12.3. The molecule has 2 aromatic carbocycles. The number of hydrogen-bond acceptors (Lipinski definition) is 5. The van der Waals surface area contributed by atoms with Crippen LogP contribution in [0.2, 0.25) is 0 Å². The lowest BCUT2D eigenvalue weighted by molar-refractivity contribution is 0.129. The highest BCUT2D eigenvalue weighted by Gasteiger charge is 2.18. The van der Waals surface area contributed by atoms with Crippen molar-refractivity contribution in [3.8, 4) is 5.75 Å². The Kier molecular flexibility index (Phi) is 8.69. The standard InChI is InChI=1S/C23H33N3O3S/c1-2-3-19-29-22-9-11-23(12-10-22)30(27,28)24-13-14-25-15-17-26(18-16-25)20-21-7-5-4-6-8-21/h4-12,24H,2-3,13-20H2,1H3. The van der Waals surface area contributed by atoms with Crippen LogP contribution in [-0.2, 0) is 16.6 Å². The van der Waals surface area contributed by atoms with Gasteiger partial charge in [-0.2, -0.15) is 0 Å².